The molecule has 0 aromatic heterocycles. The largest absolute Gasteiger partial charge is 0.395 e. The van der Waals surface area contributed by atoms with E-state index in [1.165, 1.54) is 10.6 Å². The second kappa shape index (κ2) is 4.90. The summed E-state index contributed by atoms with van der Waals surface area (Å²) < 4.78 is 0. The summed E-state index contributed by atoms with van der Waals surface area (Å²) in [7, 11) is 0. The zero-order valence-corrected chi connectivity index (χ0v) is 9.54. The van der Waals surface area contributed by atoms with Crippen LogP contribution in [0, 0.1) is 6.92 Å². The van der Waals surface area contributed by atoms with Gasteiger partial charge in [0.25, 0.3) is 0 Å². The summed E-state index contributed by atoms with van der Waals surface area (Å²) in [5, 5.41) is 9.52. The first-order chi connectivity index (χ1) is 7.36. The Morgan fingerprint density at radius 3 is 2.93 bits per heavy atom. The van der Waals surface area contributed by atoms with Crippen LogP contribution in [0.25, 0.3) is 0 Å². The van der Waals surface area contributed by atoms with E-state index in [1.807, 2.05) is 11.8 Å². The van der Waals surface area contributed by atoms with Crippen molar-refractivity contribution in [1.29, 1.82) is 0 Å². The van der Waals surface area contributed by atoms with E-state index >= 15 is 0 Å². The second-order valence-corrected chi connectivity index (χ2v) is 4.82. The van der Waals surface area contributed by atoms with Gasteiger partial charge < -0.3 is 10.0 Å². The van der Waals surface area contributed by atoms with Gasteiger partial charge in [-0.05, 0) is 18.6 Å². The minimum absolute atomic E-state index is 0.211. The third-order valence-corrected chi connectivity index (χ3v) is 3.94. The molecular weight excluding hydrogens is 206 g/mol. The van der Waals surface area contributed by atoms with Crippen molar-refractivity contribution in [2.45, 2.75) is 23.1 Å². The van der Waals surface area contributed by atoms with Crippen molar-refractivity contribution in [2.75, 3.05) is 18.1 Å². The van der Waals surface area contributed by atoms with Crippen molar-refractivity contribution >= 4 is 17.4 Å². The van der Waals surface area contributed by atoms with Crippen molar-refractivity contribution in [3.8, 4) is 0 Å². The minimum atomic E-state index is 0.211. The fourth-order valence-corrected chi connectivity index (χ4v) is 3.31. The fraction of sp³-hybridized carbons (Fsp3) is 0.417. The lowest BCUT2D eigenvalue weighted by Crippen LogP contribution is -2.31. The highest BCUT2D eigenvalue weighted by Crippen LogP contribution is 2.44. The number of nitrogens with zero attached hydrogens (tertiary/aromatic N) is 1. The van der Waals surface area contributed by atoms with E-state index in [9.17, 15) is 0 Å². The lowest BCUT2D eigenvalue weighted by molar-refractivity contribution is 0.301. The zero-order chi connectivity index (χ0) is 10.7. The van der Waals surface area contributed by atoms with Gasteiger partial charge in [-0.2, -0.15) is 0 Å². The molecule has 0 saturated heterocycles. The molecule has 1 N–H and O–H groups in total. The second-order valence-electron chi connectivity index (χ2n) is 3.60. The first-order valence-electron chi connectivity index (χ1n) is 5.29. The standard InChI is InChI=1S/C12H16NOS/c1-2-5-12-13(8-9-14)10-6-3-4-7-11(10)15-12/h3-4,6-7,12,14H,1-2,5,8-9H2. The maximum atomic E-state index is 9.07. The van der Waals surface area contributed by atoms with Gasteiger partial charge in [0.2, 0.25) is 0 Å². The van der Waals surface area contributed by atoms with Crippen LogP contribution in [0.5, 0.6) is 0 Å². The topological polar surface area (TPSA) is 23.5 Å². The van der Waals surface area contributed by atoms with Crippen LogP contribution in [-0.2, 0) is 0 Å². The first kappa shape index (κ1) is 10.8. The Hall–Kier alpha value is -0.670. The van der Waals surface area contributed by atoms with Crippen LogP contribution in [0.4, 0.5) is 5.69 Å². The molecule has 1 radical (unpaired) electrons. The van der Waals surface area contributed by atoms with E-state index in [0.29, 0.717) is 11.9 Å². The number of aliphatic hydroxyl groups is 1. The molecule has 15 heavy (non-hydrogen) atoms. The summed E-state index contributed by atoms with van der Waals surface area (Å²) in [5.41, 5.74) is 1.26. The molecule has 1 aliphatic rings. The molecule has 81 valence electrons. The van der Waals surface area contributed by atoms with Crippen LogP contribution < -0.4 is 4.90 Å². The quantitative estimate of drug-likeness (QED) is 0.847. The molecule has 0 aliphatic carbocycles. The predicted molar refractivity (Wildman–Crippen MR) is 65.1 cm³/mol. The molecule has 1 aliphatic heterocycles. The zero-order valence-electron chi connectivity index (χ0n) is 8.72. The third kappa shape index (κ3) is 2.13. The smallest absolute Gasteiger partial charge is 0.0799 e. The van der Waals surface area contributed by atoms with Crippen LogP contribution in [-0.4, -0.2) is 23.6 Å². The number of aliphatic hydroxyl groups excluding tert-OH is 1. The van der Waals surface area contributed by atoms with Gasteiger partial charge >= 0.3 is 0 Å². The van der Waals surface area contributed by atoms with Gasteiger partial charge in [0, 0.05) is 11.4 Å². The Bertz CT molecular complexity index is 329. The summed E-state index contributed by atoms with van der Waals surface area (Å²) >= 11 is 1.88. The minimum Gasteiger partial charge on any atom is -0.395 e. The molecule has 1 aromatic rings. The average Bonchev–Trinajstić information content (AvgIpc) is 2.59. The van der Waals surface area contributed by atoms with Gasteiger partial charge in [0.15, 0.2) is 0 Å². The number of anilines is 1. The SMILES string of the molecule is [CH2]CCC1Sc2ccccc2N1CCO. The summed E-state index contributed by atoms with van der Waals surface area (Å²) in [6.45, 7) is 4.83. The van der Waals surface area contributed by atoms with Crippen molar-refractivity contribution < 1.29 is 5.11 Å². The number of rotatable bonds is 4. The maximum absolute atomic E-state index is 9.07. The lowest BCUT2D eigenvalue weighted by Gasteiger charge is -2.25. The van der Waals surface area contributed by atoms with Crippen molar-refractivity contribution in [3.63, 3.8) is 0 Å². The highest BCUT2D eigenvalue weighted by atomic mass is 32.2. The van der Waals surface area contributed by atoms with Crippen LogP contribution in [0.1, 0.15) is 12.8 Å². The Labute approximate surface area is 95.3 Å². The van der Waals surface area contributed by atoms with E-state index < -0.39 is 0 Å². The molecular formula is C12H16NOS. The number of hydrogen-bond acceptors (Lipinski definition) is 3. The van der Waals surface area contributed by atoms with Crippen LogP contribution in [0.15, 0.2) is 29.2 Å². The van der Waals surface area contributed by atoms with Crippen molar-refractivity contribution in [1.82, 2.24) is 0 Å². The Kier molecular flexibility index (Phi) is 3.54. The van der Waals surface area contributed by atoms with Crippen molar-refractivity contribution in [3.05, 3.63) is 31.2 Å². The molecule has 0 fully saturated rings. The summed E-state index contributed by atoms with van der Waals surface area (Å²) in [6.07, 6.45) is 2.01. The monoisotopic (exact) mass is 222 g/mol. The molecule has 0 saturated carbocycles. The number of hydrogen-bond donors (Lipinski definition) is 1. The van der Waals surface area contributed by atoms with Crippen molar-refractivity contribution in [2.24, 2.45) is 0 Å². The number of para-hydroxylation sites is 1. The average molecular weight is 222 g/mol. The number of benzene rings is 1. The third-order valence-electron chi connectivity index (χ3n) is 2.58. The normalized spacial score (nSPS) is 19.3. The highest BCUT2D eigenvalue weighted by molar-refractivity contribution is 8.00. The van der Waals surface area contributed by atoms with E-state index in [-0.39, 0.29) is 6.61 Å². The summed E-state index contributed by atoms with van der Waals surface area (Å²) in [5.74, 6) is 0. The number of β-amino-alcohol motifs (C(OH)–C–C–N with tert-alkyl or cyclic N) is 1. The summed E-state index contributed by atoms with van der Waals surface area (Å²) in [4.78, 5) is 3.61. The van der Waals surface area contributed by atoms with E-state index in [2.05, 4.69) is 36.1 Å². The number of thioether (sulfide) groups is 1. The lowest BCUT2D eigenvalue weighted by atomic mass is 10.2. The Morgan fingerprint density at radius 2 is 2.20 bits per heavy atom. The van der Waals surface area contributed by atoms with E-state index in [1.54, 1.807) is 0 Å². The Morgan fingerprint density at radius 1 is 1.40 bits per heavy atom. The molecule has 1 atom stereocenters. The molecule has 2 rings (SSSR count). The van der Waals surface area contributed by atoms with Gasteiger partial charge in [-0.15, -0.1) is 0 Å². The molecule has 0 amide bonds. The van der Waals surface area contributed by atoms with Crippen LogP contribution >= 0.6 is 11.8 Å². The van der Waals surface area contributed by atoms with Crippen LogP contribution in [0.3, 0.4) is 0 Å². The van der Waals surface area contributed by atoms with Gasteiger partial charge in [0.1, 0.15) is 0 Å². The highest BCUT2D eigenvalue weighted by Gasteiger charge is 2.28. The molecule has 0 spiro atoms. The van der Waals surface area contributed by atoms with Gasteiger partial charge in [-0.3, -0.25) is 0 Å². The Balaban J connectivity index is 2.21. The number of fused-ring (bicyclic) bond motifs is 1. The molecule has 1 aromatic carbocycles. The molecule has 2 nitrogen and oxygen atoms in total. The molecule has 1 unspecified atom stereocenters. The molecule has 3 heteroatoms. The molecule has 0 bridgehead atoms. The summed E-state index contributed by atoms with van der Waals surface area (Å²) in [6, 6.07) is 8.39. The van der Waals surface area contributed by atoms with E-state index in [0.717, 1.165) is 12.8 Å². The van der Waals surface area contributed by atoms with Gasteiger partial charge in [-0.25, -0.2) is 0 Å². The fourth-order valence-electron chi connectivity index (χ4n) is 1.92. The maximum Gasteiger partial charge on any atom is 0.0799 e. The van der Waals surface area contributed by atoms with E-state index in [4.69, 9.17) is 5.11 Å². The molecule has 1 heterocycles. The van der Waals surface area contributed by atoms with Gasteiger partial charge in [-0.1, -0.05) is 37.2 Å². The van der Waals surface area contributed by atoms with Crippen LogP contribution in [0.2, 0.25) is 0 Å². The first-order valence-corrected chi connectivity index (χ1v) is 6.17. The predicted octanol–water partition coefficient (Wildman–Crippen LogP) is 2.53. The van der Waals surface area contributed by atoms with Gasteiger partial charge in [0.05, 0.1) is 17.7 Å².